The third-order valence-corrected chi connectivity index (χ3v) is 23.4. The number of nitrogens with zero attached hydrogens (tertiary/aromatic N) is 3. The maximum Gasteiger partial charge on any atom is 0.252 e. The van der Waals surface area contributed by atoms with Crippen LogP contribution in [-0.2, 0) is 21.7 Å². The highest BCUT2D eigenvalue weighted by Crippen LogP contribution is 2.51. The van der Waals surface area contributed by atoms with Crippen molar-refractivity contribution in [2.45, 2.75) is 216 Å². The summed E-state index contributed by atoms with van der Waals surface area (Å²) in [5.74, 6) is 2.68. The van der Waals surface area contributed by atoms with Crippen molar-refractivity contribution in [3.05, 3.63) is 124 Å². The van der Waals surface area contributed by atoms with Crippen LogP contribution in [0.15, 0.2) is 84.9 Å². The lowest BCUT2D eigenvalue weighted by Gasteiger charge is -2.43. The Morgan fingerprint density at radius 2 is 0.679 bits per heavy atom. The first-order chi connectivity index (χ1) is 39.4. The summed E-state index contributed by atoms with van der Waals surface area (Å²) in [6.45, 7) is 46.7. The summed E-state index contributed by atoms with van der Waals surface area (Å²) in [6.07, 6.45) is 10.3. The van der Waals surface area contributed by atoms with Crippen LogP contribution in [0, 0.1) is 29.6 Å². The molecule has 2 saturated carbocycles. The van der Waals surface area contributed by atoms with Crippen LogP contribution in [0.4, 0.5) is 0 Å². The molecule has 0 N–H and O–H groups in total. The van der Waals surface area contributed by atoms with Gasteiger partial charge in [0.1, 0.15) is 0 Å². The molecule has 2 aliphatic carbocycles. The Bertz CT molecular complexity index is 4580. The zero-order valence-corrected chi connectivity index (χ0v) is 54.5. The van der Waals surface area contributed by atoms with Gasteiger partial charge in [0, 0.05) is 71.4 Å². The topological polar surface area (TPSA) is 14.8 Å². The smallest absolute Gasteiger partial charge is 0.252 e. The molecule has 428 valence electrons. The van der Waals surface area contributed by atoms with Crippen LogP contribution in [0.25, 0.3) is 82.5 Å². The molecule has 0 unspecified atom stereocenters. The third-order valence-electron chi connectivity index (χ3n) is 23.4. The Morgan fingerprint density at radius 1 is 0.333 bits per heavy atom. The fraction of sp³-hybridized carbons (Fsp3) is 0.468. The average molecular weight is 1100 g/mol. The molecule has 0 radical (unpaired) electrons. The zero-order chi connectivity index (χ0) is 58.9. The molecule has 0 bridgehead atoms. The van der Waals surface area contributed by atoms with E-state index in [1.807, 2.05) is 0 Å². The van der Waals surface area contributed by atoms with Crippen molar-refractivity contribution in [3.8, 4) is 17.1 Å². The highest BCUT2D eigenvalue weighted by atomic mass is 15.1. The van der Waals surface area contributed by atoms with E-state index < -0.39 is 0 Å². The van der Waals surface area contributed by atoms with Crippen LogP contribution in [0.1, 0.15) is 227 Å². The molecule has 4 aliphatic heterocycles. The quantitative estimate of drug-likeness (QED) is 0.153. The molecular formula is C79H91B2N3. The van der Waals surface area contributed by atoms with Crippen LogP contribution in [-0.4, -0.2) is 27.1 Å². The Hall–Kier alpha value is -5.93. The zero-order valence-electron chi connectivity index (χ0n) is 54.5. The minimum absolute atomic E-state index is 0.00455. The molecule has 0 saturated heterocycles. The van der Waals surface area contributed by atoms with E-state index in [0.29, 0.717) is 22.7 Å². The maximum atomic E-state index is 2.88. The molecule has 5 heteroatoms. The minimum Gasteiger partial charge on any atom is -0.311 e. The van der Waals surface area contributed by atoms with Crippen molar-refractivity contribution in [2.75, 3.05) is 0 Å². The molecule has 0 spiro atoms. The Morgan fingerprint density at radius 3 is 1.11 bits per heavy atom. The van der Waals surface area contributed by atoms with Crippen molar-refractivity contribution >= 4 is 112 Å². The SMILES string of the molecule is Cc1c2c3c4c5c1-n1c6ccc(C(C)(C)C)cc6c6cc(C(C)(C)C)cc(c61)B5c1cc(C(C)(C)C)cc5c6cc(C(C)(C)C)cc(c6n-4c15)B3c1cc(C3CCC(C(C)(C)C)CC3)cc3c4cc(C5CCC(C(C)(C)C)CC5)ccc4n-2c13. The first-order valence-electron chi connectivity index (χ1n) is 33.0. The summed E-state index contributed by atoms with van der Waals surface area (Å²) in [6, 6.07) is 37.0. The normalized spacial score (nSPS) is 20.4. The molecule has 10 aromatic rings. The molecule has 7 heterocycles. The number of benzene rings is 7. The maximum absolute atomic E-state index is 2.88. The van der Waals surface area contributed by atoms with Gasteiger partial charge in [-0.3, -0.25) is 0 Å². The van der Waals surface area contributed by atoms with Crippen LogP contribution in [0.2, 0.25) is 0 Å². The summed E-state index contributed by atoms with van der Waals surface area (Å²) < 4.78 is 8.55. The van der Waals surface area contributed by atoms with Gasteiger partial charge in [-0.2, -0.15) is 0 Å². The highest BCUT2D eigenvalue weighted by Gasteiger charge is 2.51. The molecular weight excluding hydrogens is 1010 g/mol. The first-order valence-corrected chi connectivity index (χ1v) is 33.0. The van der Waals surface area contributed by atoms with Gasteiger partial charge in [0.2, 0.25) is 0 Å². The lowest BCUT2D eigenvalue weighted by atomic mass is 9.29. The Kier molecular flexibility index (Phi) is 10.7. The van der Waals surface area contributed by atoms with E-state index >= 15 is 0 Å². The highest BCUT2D eigenvalue weighted by molar-refractivity contribution is 7.04. The van der Waals surface area contributed by atoms with Crippen molar-refractivity contribution in [2.24, 2.45) is 22.7 Å². The van der Waals surface area contributed by atoms with Gasteiger partial charge in [-0.25, -0.2) is 0 Å². The summed E-state index contributed by atoms with van der Waals surface area (Å²) in [7, 11) is 0. The van der Waals surface area contributed by atoms with Crippen LogP contribution in [0.5, 0.6) is 0 Å². The Labute approximate surface area is 502 Å². The van der Waals surface area contributed by atoms with Gasteiger partial charge < -0.3 is 13.7 Å². The number of hydrogen-bond donors (Lipinski definition) is 0. The fourth-order valence-electron chi connectivity index (χ4n) is 18.3. The summed E-state index contributed by atoms with van der Waals surface area (Å²) >= 11 is 0. The molecule has 2 fully saturated rings. The van der Waals surface area contributed by atoms with E-state index in [9.17, 15) is 0 Å². The number of hydrogen-bond acceptors (Lipinski definition) is 0. The molecule has 0 atom stereocenters. The lowest BCUT2D eigenvalue weighted by molar-refractivity contribution is 0.169. The van der Waals surface area contributed by atoms with E-state index in [1.165, 1.54) is 194 Å². The van der Waals surface area contributed by atoms with Gasteiger partial charge in [0.15, 0.2) is 0 Å². The number of rotatable bonds is 2. The van der Waals surface area contributed by atoms with Gasteiger partial charge in [0.05, 0.1) is 11.0 Å². The van der Waals surface area contributed by atoms with Gasteiger partial charge in [-0.05, 0) is 235 Å². The summed E-state index contributed by atoms with van der Waals surface area (Å²) in [5, 5.41) is 8.56. The first kappa shape index (κ1) is 53.5. The molecule has 0 amide bonds. The molecule has 7 aromatic carbocycles. The van der Waals surface area contributed by atoms with E-state index in [0.717, 1.165) is 11.8 Å². The average Bonchev–Trinajstić information content (AvgIpc) is 1.34. The van der Waals surface area contributed by atoms with Crippen molar-refractivity contribution < 1.29 is 0 Å². The van der Waals surface area contributed by atoms with Crippen molar-refractivity contribution in [3.63, 3.8) is 0 Å². The molecule has 3 aromatic heterocycles. The van der Waals surface area contributed by atoms with E-state index in [2.05, 4.69) is 230 Å². The van der Waals surface area contributed by atoms with Gasteiger partial charge in [0.25, 0.3) is 13.4 Å². The lowest BCUT2D eigenvalue weighted by Crippen LogP contribution is -2.67. The predicted octanol–water partition coefficient (Wildman–Crippen LogP) is 17.4. The van der Waals surface area contributed by atoms with Crippen LogP contribution < -0.4 is 32.8 Å². The van der Waals surface area contributed by atoms with E-state index in [-0.39, 0.29) is 35.1 Å². The van der Waals surface area contributed by atoms with Crippen LogP contribution in [0.3, 0.4) is 0 Å². The van der Waals surface area contributed by atoms with Gasteiger partial charge in [-0.15, -0.1) is 0 Å². The van der Waals surface area contributed by atoms with E-state index in [4.69, 9.17) is 0 Å². The second kappa shape index (κ2) is 16.8. The second-order valence-electron chi connectivity index (χ2n) is 34.6. The van der Waals surface area contributed by atoms with Crippen molar-refractivity contribution in [1.82, 2.24) is 13.7 Å². The largest absolute Gasteiger partial charge is 0.311 e. The standard InChI is InChI=1S/C79H91B2N3/c1-42-67-65-73-66-68(42)83-64-31-29-49(76(8,9)10)35-54(64)56-36-50(77(11,12)13)39-60(70(56)83)81(66)62-41-52(79(17,18)19)38-58-57-37-51(78(14,15)16)40-61(71(57)84(73)72(58)62)80(65)59-34-46(44-22-27-48(28-23-44)75(5,6)7)33-55-53-32-45(24-30-63(53)82(67)69(55)59)43-20-25-47(26-21-43)74(2,3)4/h24,29-41,43-44,47-48H,20-23,25-28H2,1-19H3. The minimum atomic E-state index is -0.0624. The van der Waals surface area contributed by atoms with Crippen LogP contribution >= 0.6 is 0 Å². The second-order valence-corrected chi connectivity index (χ2v) is 34.6. The van der Waals surface area contributed by atoms with Crippen molar-refractivity contribution in [1.29, 1.82) is 0 Å². The predicted molar refractivity (Wildman–Crippen MR) is 367 cm³/mol. The Balaban J connectivity index is 1.09. The molecule has 6 aliphatic rings. The third kappa shape index (κ3) is 7.20. The summed E-state index contributed by atoms with van der Waals surface area (Å²) in [4.78, 5) is 0. The van der Waals surface area contributed by atoms with Gasteiger partial charge in [-0.1, -0.05) is 161 Å². The molecule has 3 nitrogen and oxygen atoms in total. The monoisotopic (exact) mass is 1100 g/mol. The van der Waals surface area contributed by atoms with E-state index in [1.54, 1.807) is 11.1 Å². The summed E-state index contributed by atoms with van der Waals surface area (Å²) in [5.41, 5.74) is 32.4. The number of fused-ring (bicyclic) bond motifs is 13. The number of aromatic nitrogens is 3. The fourth-order valence-corrected chi connectivity index (χ4v) is 18.3. The van der Waals surface area contributed by atoms with Gasteiger partial charge >= 0.3 is 0 Å². The molecule has 16 rings (SSSR count). The molecule has 84 heavy (non-hydrogen) atoms.